The van der Waals surface area contributed by atoms with Crippen LogP contribution in [0.25, 0.3) is 11.4 Å². The Morgan fingerprint density at radius 3 is 2.77 bits per heavy atom. The number of nitrogens with zero attached hydrogens (tertiary/aromatic N) is 3. The van der Waals surface area contributed by atoms with E-state index < -0.39 is 0 Å². The highest BCUT2D eigenvalue weighted by Gasteiger charge is 2.13. The van der Waals surface area contributed by atoms with E-state index in [4.69, 9.17) is 40.2 Å². The van der Waals surface area contributed by atoms with E-state index in [9.17, 15) is 0 Å². The monoisotopic (exact) mass is 409 g/mol. The number of ether oxygens (including phenoxy) is 1. The molecule has 0 bridgehead atoms. The van der Waals surface area contributed by atoms with Gasteiger partial charge in [0.05, 0.1) is 18.2 Å². The molecule has 0 amide bonds. The smallest absolute Gasteiger partial charge is 0.214 e. The molecule has 0 saturated heterocycles. The summed E-state index contributed by atoms with van der Waals surface area (Å²) in [6.07, 6.45) is 4.28. The van der Waals surface area contributed by atoms with E-state index in [1.807, 2.05) is 25.1 Å². The average molecular weight is 410 g/mol. The molecule has 2 heterocycles. The van der Waals surface area contributed by atoms with Crippen LogP contribution in [0.2, 0.25) is 10.0 Å². The third-order valence-corrected chi connectivity index (χ3v) is 4.35. The second-order valence-electron chi connectivity index (χ2n) is 5.48. The second-order valence-corrected chi connectivity index (χ2v) is 6.71. The number of halogens is 2. The molecule has 2 aromatic heterocycles. The van der Waals surface area contributed by atoms with Crippen molar-refractivity contribution in [2.75, 3.05) is 12.0 Å². The van der Waals surface area contributed by atoms with Crippen LogP contribution in [-0.2, 0) is 6.54 Å². The molecule has 1 aromatic carbocycles. The highest BCUT2D eigenvalue weighted by molar-refractivity contribution is 7.71. The van der Waals surface area contributed by atoms with Crippen molar-refractivity contribution in [3.8, 4) is 17.1 Å². The van der Waals surface area contributed by atoms with Crippen LogP contribution in [0, 0.1) is 4.77 Å². The number of rotatable bonds is 7. The van der Waals surface area contributed by atoms with E-state index in [2.05, 4.69) is 20.6 Å². The summed E-state index contributed by atoms with van der Waals surface area (Å²) < 4.78 is 7.93. The first kappa shape index (κ1) is 18.7. The van der Waals surface area contributed by atoms with Crippen molar-refractivity contribution in [1.82, 2.24) is 19.9 Å². The summed E-state index contributed by atoms with van der Waals surface area (Å²) in [5, 5.41) is 8.09. The molecule has 0 spiro atoms. The lowest BCUT2D eigenvalue weighted by molar-refractivity contribution is 0.314. The lowest BCUT2D eigenvalue weighted by Gasteiger charge is -2.15. The molecule has 0 saturated carbocycles. The van der Waals surface area contributed by atoms with Gasteiger partial charge >= 0.3 is 0 Å². The van der Waals surface area contributed by atoms with Gasteiger partial charge < -0.3 is 10.2 Å². The molecule has 3 aromatic rings. The van der Waals surface area contributed by atoms with Crippen molar-refractivity contribution in [3.63, 3.8) is 0 Å². The number of aromatic amines is 1. The van der Waals surface area contributed by atoms with Crippen LogP contribution in [-0.4, -0.2) is 26.5 Å². The highest BCUT2D eigenvalue weighted by Crippen LogP contribution is 2.33. The van der Waals surface area contributed by atoms with Crippen LogP contribution in [0.1, 0.15) is 18.9 Å². The molecular formula is C17H17Cl2N5OS. The van der Waals surface area contributed by atoms with Gasteiger partial charge in [-0.25, -0.2) is 9.77 Å². The summed E-state index contributed by atoms with van der Waals surface area (Å²) in [6, 6.07) is 7.20. The second kappa shape index (κ2) is 8.53. The summed E-state index contributed by atoms with van der Waals surface area (Å²) in [7, 11) is 0. The predicted molar refractivity (Wildman–Crippen MR) is 106 cm³/mol. The van der Waals surface area contributed by atoms with Crippen LogP contribution < -0.4 is 10.2 Å². The fourth-order valence-corrected chi connectivity index (χ4v) is 3.20. The van der Waals surface area contributed by atoms with Gasteiger partial charge in [0, 0.05) is 28.5 Å². The SMILES string of the molecule is CCCOc1c(Cl)cc(Cl)cc1CNn1c(-c2ccncc2)n[nH]c1=S. The first-order chi connectivity index (χ1) is 12.6. The Balaban J connectivity index is 1.89. The van der Waals surface area contributed by atoms with E-state index in [1.54, 1.807) is 23.1 Å². The average Bonchev–Trinajstić information content (AvgIpc) is 3.00. The van der Waals surface area contributed by atoms with Crippen LogP contribution in [0.15, 0.2) is 36.7 Å². The minimum absolute atomic E-state index is 0.408. The first-order valence-corrected chi connectivity index (χ1v) is 9.19. The minimum Gasteiger partial charge on any atom is -0.492 e. The van der Waals surface area contributed by atoms with Gasteiger partial charge in [0.1, 0.15) is 5.75 Å². The lowest BCUT2D eigenvalue weighted by atomic mass is 10.2. The minimum atomic E-state index is 0.408. The largest absolute Gasteiger partial charge is 0.492 e. The molecule has 0 radical (unpaired) electrons. The van der Waals surface area contributed by atoms with Crippen LogP contribution in [0.5, 0.6) is 5.75 Å². The highest BCUT2D eigenvalue weighted by atomic mass is 35.5. The Kier molecular flexibility index (Phi) is 6.13. The third-order valence-electron chi connectivity index (χ3n) is 3.57. The van der Waals surface area contributed by atoms with Crippen LogP contribution in [0.3, 0.4) is 0 Å². The van der Waals surface area contributed by atoms with Gasteiger partial charge in [-0.05, 0) is 42.9 Å². The number of benzene rings is 1. The van der Waals surface area contributed by atoms with Crippen molar-refractivity contribution in [2.24, 2.45) is 0 Å². The van der Waals surface area contributed by atoms with Crippen molar-refractivity contribution in [3.05, 3.63) is 57.0 Å². The molecular weight excluding hydrogens is 393 g/mol. The summed E-state index contributed by atoms with van der Waals surface area (Å²) >= 11 is 17.8. The normalized spacial score (nSPS) is 10.7. The summed E-state index contributed by atoms with van der Waals surface area (Å²) in [5.41, 5.74) is 4.96. The van der Waals surface area contributed by atoms with E-state index >= 15 is 0 Å². The fourth-order valence-electron chi connectivity index (χ4n) is 2.41. The molecule has 9 heteroatoms. The molecule has 0 aliphatic rings. The van der Waals surface area contributed by atoms with Crippen molar-refractivity contribution >= 4 is 35.4 Å². The molecule has 2 N–H and O–H groups in total. The maximum absolute atomic E-state index is 6.30. The zero-order valence-electron chi connectivity index (χ0n) is 14.0. The molecule has 0 fully saturated rings. The molecule has 0 aliphatic heterocycles. The quantitative estimate of drug-likeness (QED) is 0.546. The van der Waals surface area contributed by atoms with Gasteiger partial charge in [-0.15, -0.1) is 0 Å². The molecule has 26 heavy (non-hydrogen) atoms. The lowest BCUT2D eigenvalue weighted by Crippen LogP contribution is -2.16. The summed E-state index contributed by atoms with van der Waals surface area (Å²) in [4.78, 5) is 4.02. The Hall–Kier alpha value is -2.09. The number of nitrogens with one attached hydrogen (secondary N) is 2. The summed E-state index contributed by atoms with van der Waals surface area (Å²) in [6.45, 7) is 3.01. The maximum atomic E-state index is 6.30. The molecule has 3 rings (SSSR count). The predicted octanol–water partition coefficient (Wildman–Crippen LogP) is 4.84. The van der Waals surface area contributed by atoms with Gasteiger partial charge in [0.2, 0.25) is 4.77 Å². The molecule has 0 unspecified atom stereocenters. The van der Waals surface area contributed by atoms with E-state index in [0.717, 1.165) is 17.5 Å². The van der Waals surface area contributed by atoms with Crippen LogP contribution >= 0.6 is 35.4 Å². The van der Waals surface area contributed by atoms with Gasteiger partial charge in [-0.3, -0.25) is 4.98 Å². The van der Waals surface area contributed by atoms with Gasteiger partial charge in [-0.2, -0.15) is 5.10 Å². The van der Waals surface area contributed by atoms with Crippen molar-refractivity contribution < 1.29 is 4.74 Å². The molecule has 0 atom stereocenters. The Labute approximate surface area is 166 Å². The topological polar surface area (TPSA) is 67.8 Å². The zero-order chi connectivity index (χ0) is 18.5. The number of hydrogen-bond acceptors (Lipinski definition) is 5. The Bertz CT molecular complexity index is 942. The maximum Gasteiger partial charge on any atom is 0.214 e. The fraction of sp³-hybridized carbons (Fsp3) is 0.235. The Morgan fingerprint density at radius 2 is 2.04 bits per heavy atom. The number of hydrogen-bond donors (Lipinski definition) is 2. The molecule has 6 nitrogen and oxygen atoms in total. The number of aromatic nitrogens is 4. The zero-order valence-corrected chi connectivity index (χ0v) is 16.3. The van der Waals surface area contributed by atoms with E-state index in [0.29, 0.717) is 39.5 Å². The van der Waals surface area contributed by atoms with Crippen LogP contribution in [0.4, 0.5) is 0 Å². The number of H-pyrrole nitrogens is 1. The van der Waals surface area contributed by atoms with Gasteiger partial charge in [-0.1, -0.05) is 30.1 Å². The van der Waals surface area contributed by atoms with E-state index in [-0.39, 0.29) is 0 Å². The van der Waals surface area contributed by atoms with Crippen molar-refractivity contribution in [1.29, 1.82) is 0 Å². The van der Waals surface area contributed by atoms with Gasteiger partial charge in [0.15, 0.2) is 5.82 Å². The van der Waals surface area contributed by atoms with Gasteiger partial charge in [0.25, 0.3) is 0 Å². The molecule has 0 aliphatic carbocycles. The summed E-state index contributed by atoms with van der Waals surface area (Å²) in [5.74, 6) is 1.27. The van der Waals surface area contributed by atoms with Crippen molar-refractivity contribution in [2.45, 2.75) is 19.9 Å². The number of pyridine rings is 1. The molecule has 136 valence electrons. The van der Waals surface area contributed by atoms with E-state index in [1.165, 1.54) is 0 Å². The first-order valence-electron chi connectivity index (χ1n) is 8.02. The standard InChI is InChI=1S/C17H17Cl2N5OS/c1-2-7-25-15-12(8-13(18)9-14(15)19)10-21-24-16(22-23-17(24)26)11-3-5-20-6-4-11/h3-6,8-9,21H,2,7,10H2,1H3,(H,23,26). The Morgan fingerprint density at radius 1 is 1.27 bits per heavy atom. The third kappa shape index (κ3) is 4.17.